The molecule has 0 spiro atoms. The van der Waals surface area contributed by atoms with Gasteiger partial charge in [0.15, 0.2) is 18.2 Å². The third-order valence-corrected chi connectivity index (χ3v) is 6.83. The first-order valence-electron chi connectivity index (χ1n) is 12.4. The van der Waals surface area contributed by atoms with Gasteiger partial charge in [-0.05, 0) is 44.7 Å². The van der Waals surface area contributed by atoms with Gasteiger partial charge in [0, 0.05) is 51.8 Å². The molecule has 9 nitrogen and oxygen atoms in total. The maximum Gasteiger partial charge on any atom is 0.303 e. The zero-order chi connectivity index (χ0) is 25.7. The van der Waals surface area contributed by atoms with E-state index in [1.807, 2.05) is 24.9 Å². The Balaban J connectivity index is 1.53. The summed E-state index contributed by atoms with van der Waals surface area (Å²) in [6, 6.07) is 3.74. The highest BCUT2D eigenvalue weighted by Crippen LogP contribution is 2.31. The molecular formula is C26H32ClN5O4. The van der Waals surface area contributed by atoms with Crippen molar-refractivity contribution in [2.45, 2.75) is 51.7 Å². The van der Waals surface area contributed by atoms with E-state index in [1.54, 1.807) is 6.07 Å². The maximum atomic E-state index is 12.8. The van der Waals surface area contributed by atoms with Gasteiger partial charge in [0.05, 0.1) is 16.1 Å². The molecule has 2 aliphatic heterocycles. The number of halogens is 1. The fourth-order valence-electron chi connectivity index (χ4n) is 4.58. The monoisotopic (exact) mass is 513 g/mol. The van der Waals surface area contributed by atoms with Gasteiger partial charge in [-0.3, -0.25) is 9.59 Å². The number of nitrogens with one attached hydrogen (secondary N) is 1. The highest BCUT2D eigenvalue weighted by atomic mass is 35.5. The number of esters is 1. The number of amides is 1. The molecule has 1 amide bonds. The lowest BCUT2D eigenvalue weighted by Gasteiger charge is -2.38. The number of fused-ring (bicyclic) bond motifs is 1. The van der Waals surface area contributed by atoms with E-state index >= 15 is 0 Å². The zero-order valence-corrected chi connectivity index (χ0v) is 21.7. The largest absolute Gasteiger partial charge is 0.453 e. The molecule has 0 radical (unpaired) electrons. The number of ether oxygens (including phenoxy) is 2. The summed E-state index contributed by atoms with van der Waals surface area (Å²) < 4.78 is 10.5. The first kappa shape index (κ1) is 26.0. The summed E-state index contributed by atoms with van der Waals surface area (Å²) in [5, 5.41) is 3.79. The summed E-state index contributed by atoms with van der Waals surface area (Å²) in [6.07, 6.45) is 3.14. The lowest BCUT2D eigenvalue weighted by molar-refractivity contribution is -0.142. The third-order valence-electron chi connectivity index (χ3n) is 6.51. The Kier molecular flexibility index (Phi) is 8.49. The molecule has 0 bridgehead atoms. The first-order chi connectivity index (χ1) is 17.4. The predicted octanol–water partition coefficient (Wildman–Crippen LogP) is 3.24. The van der Waals surface area contributed by atoms with E-state index in [-0.39, 0.29) is 30.6 Å². The molecule has 0 saturated carbocycles. The van der Waals surface area contributed by atoms with Gasteiger partial charge in [0.1, 0.15) is 6.10 Å². The number of likely N-dealkylation sites (N-methyl/N-ethyl adjacent to an activating group) is 1. The van der Waals surface area contributed by atoms with Crippen LogP contribution in [0.5, 0.6) is 0 Å². The Morgan fingerprint density at radius 2 is 2.00 bits per heavy atom. The Labute approximate surface area is 216 Å². The number of piperidine rings is 1. The van der Waals surface area contributed by atoms with E-state index in [0.717, 1.165) is 44.6 Å². The Bertz CT molecular complexity index is 1180. The van der Waals surface area contributed by atoms with Crippen LogP contribution in [0.15, 0.2) is 12.1 Å². The number of carbonyl (C=O) groups is 2. The van der Waals surface area contributed by atoms with Crippen molar-refractivity contribution < 1.29 is 19.1 Å². The standard InChI is InChI=1S/C26H32ClN5O4/c1-4-28-24-25(32-11-9-19(10-12-32)31(3)26(34)23-8-6-14-36-23)30-21-15-18(7-5-13-35-17(2)33)20(27)16-22(21)29-24/h15-16,19,23H,4,6,8-14H2,1-3H3,(H,28,29)/t23-/m1/s1. The molecule has 4 rings (SSSR count). The molecule has 0 unspecified atom stereocenters. The van der Waals surface area contributed by atoms with Crippen molar-refractivity contribution in [1.29, 1.82) is 0 Å². The fourth-order valence-corrected chi connectivity index (χ4v) is 4.79. The number of hydrogen-bond acceptors (Lipinski definition) is 8. The number of hydrogen-bond donors (Lipinski definition) is 1. The number of carbonyl (C=O) groups excluding carboxylic acids is 2. The molecule has 2 aromatic rings. The topological polar surface area (TPSA) is 96.9 Å². The predicted molar refractivity (Wildman–Crippen MR) is 139 cm³/mol. The average Bonchev–Trinajstić information content (AvgIpc) is 3.41. The fraction of sp³-hybridized carbons (Fsp3) is 0.538. The highest BCUT2D eigenvalue weighted by Gasteiger charge is 2.32. The third kappa shape index (κ3) is 6.00. The minimum Gasteiger partial charge on any atom is -0.453 e. The van der Waals surface area contributed by atoms with Crippen molar-refractivity contribution in [3.05, 3.63) is 22.7 Å². The summed E-state index contributed by atoms with van der Waals surface area (Å²) in [5.41, 5.74) is 1.95. The molecule has 3 heterocycles. The van der Waals surface area contributed by atoms with Crippen LogP contribution >= 0.6 is 11.6 Å². The van der Waals surface area contributed by atoms with Crippen LogP contribution in [0.1, 0.15) is 45.1 Å². The quantitative estimate of drug-likeness (QED) is 0.464. The van der Waals surface area contributed by atoms with Gasteiger partial charge in [-0.1, -0.05) is 23.4 Å². The second-order valence-electron chi connectivity index (χ2n) is 9.00. The Hall–Kier alpha value is -3.09. The van der Waals surface area contributed by atoms with Gasteiger partial charge in [-0.2, -0.15) is 0 Å². The zero-order valence-electron chi connectivity index (χ0n) is 21.0. The summed E-state index contributed by atoms with van der Waals surface area (Å²) in [4.78, 5) is 37.5. The van der Waals surface area contributed by atoms with Crippen LogP contribution in [0.2, 0.25) is 5.02 Å². The van der Waals surface area contributed by atoms with Gasteiger partial charge in [0.2, 0.25) is 0 Å². The normalized spacial score (nSPS) is 18.0. The van der Waals surface area contributed by atoms with E-state index in [4.69, 9.17) is 31.0 Å². The van der Waals surface area contributed by atoms with Gasteiger partial charge < -0.3 is 24.6 Å². The molecular weight excluding hydrogens is 482 g/mol. The number of rotatable bonds is 6. The number of nitrogens with zero attached hydrogens (tertiary/aromatic N) is 4. The Morgan fingerprint density at radius 1 is 1.25 bits per heavy atom. The summed E-state index contributed by atoms with van der Waals surface area (Å²) >= 11 is 6.43. The molecule has 2 aliphatic rings. The molecule has 2 fully saturated rings. The summed E-state index contributed by atoms with van der Waals surface area (Å²) in [6.45, 7) is 6.24. The van der Waals surface area contributed by atoms with Crippen LogP contribution in [0.3, 0.4) is 0 Å². The van der Waals surface area contributed by atoms with E-state index in [2.05, 4.69) is 22.1 Å². The van der Waals surface area contributed by atoms with Crippen molar-refractivity contribution in [1.82, 2.24) is 14.9 Å². The minimum absolute atomic E-state index is 0.00124. The summed E-state index contributed by atoms with van der Waals surface area (Å²) in [7, 11) is 1.89. The van der Waals surface area contributed by atoms with Crippen LogP contribution in [0.4, 0.5) is 11.6 Å². The molecule has 1 aromatic heterocycles. The average molecular weight is 514 g/mol. The Morgan fingerprint density at radius 3 is 2.67 bits per heavy atom. The van der Waals surface area contributed by atoms with Crippen LogP contribution in [-0.4, -0.2) is 78.8 Å². The van der Waals surface area contributed by atoms with Crippen LogP contribution in [0.25, 0.3) is 11.0 Å². The van der Waals surface area contributed by atoms with Crippen molar-refractivity contribution >= 4 is 46.1 Å². The van der Waals surface area contributed by atoms with Crippen molar-refractivity contribution in [3.63, 3.8) is 0 Å². The molecule has 36 heavy (non-hydrogen) atoms. The molecule has 2 saturated heterocycles. The van der Waals surface area contributed by atoms with Gasteiger partial charge in [-0.15, -0.1) is 0 Å². The van der Waals surface area contributed by atoms with Gasteiger partial charge >= 0.3 is 5.97 Å². The van der Waals surface area contributed by atoms with E-state index < -0.39 is 0 Å². The lowest BCUT2D eigenvalue weighted by Crippen LogP contribution is -2.48. The van der Waals surface area contributed by atoms with E-state index in [9.17, 15) is 9.59 Å². The molecule has 1 atom stereocenters. The van der Waals surface area contributed by atoms with Crippen molar-refractivity contribution in [3.8, 4) is 11.8 Å². The van der Waals surface area contributed by atoms with Gasteiger partial charge in [0.25, 0.3) is 5.91 Å². The smallest absolute Gasteiger partial charge is 0.303 e. The number of aromatic nitrogens is 2. The van der Waals surface area contributed by atoms with E-state index in [1.165, 1.54) is 6.92 Å². The molecule has 192 valence electrons. The van der Waals surface area contributed by atoms with Gasteiger partial charge in [-0.25, -0.2) is 9.97 Å². The van der Waals surface area contributed by atoms with Crippen LogP contribution in [0, 0.1) is 11.8 Å². The maximum absolute atomic E-state index is 12.8. The molecule has 1 aromatic carbocycles. The summed E-state index contributed by atoms with van der Waals surface area (Å²) in [5.74, 6) is 6.94. The first-order valence-corrected chi connectivity index (χ1v) is 12.8. The lowest BCUT2D eigenvalue weighted by atomic mass is 10.0. The molecule has 1 N–H and O–H groups in total. The highest BCUT2D eigenvalue weighted by molar-refractivity contribution is 6.32. The number of benzene rings is 1. The van der Waals surface area contributed by atoms with Crippen molar-refractivity contribution in [2.75, 3.05) is 50.1 Å². The van der Waals surface area contributed by atoms with Crippen molar-refractivity contribution in [2.24, 2.45) is 0 Å². The van der Waals surface area contributed by atoms with Crippen LogP contribution in [-0.2, 0) is 19.1 Å². The second-order valence-corrected chi connectivity index (χ2v) is 9.41. The van der Waals surface area contributed by atoms with Crippen LogP contribution < -0.4 is 10.2 Å². The number of anilines is 2. The molecule has 0 aliphatic carbocycles. The minimum atomic E-state index is -0.383. The SMILES string of the molecule is CCNc1nc2cc(Cl)c(C#CCOC(C)=O)cc2nc1N1CCC(N(C)C(=O)[C@H]2CCCO2)CC1. The van der Waals surface area contributed by atoms with E-state index in [0.29, 0.717) is 40.6 Å². The second kappa shape index (κ2) is 11.8. The molecule has 10 heteroatoms.